The number of nitrogens with one attached hydrogen (secondary N) is 1. The molecular weight excluding hydrogens is 254 g/mol. The van der Waals surface area contributed by atoms with Crippen molar-refractivity contribution in [3.63, 3.8) is 0 Å². The van der Waals surface area contributed by atoms with Crippen molar-refractivity contribution in [1.29, 1.82) is 0 Å². The van der Waals surface area contributed by atoms with E-state index in [0.29, 0.717) is 30.2 Å². The van der Waals surface area contributed by atoms with Crippen LogP contribution in [0.2, 0.25) is 5.15 Å². The molecule has 0 spiro atoms. The number of rotatable bonds is 3. The van der Waals surface area contributed by atoms with E-state index in [1.54, 1.807) is 6.20 Å². The first-order valence-electron chi connectivity index (χ1n) is 6.08. The van der Waals surface area contributed by atoms with Crippen molar-refractivity contribution >= 4 is 17.5 Å². The number of halogens is 1. The minimum Gasteiger partial charge on any atom is -0.393 e. The van der Waals surface area contributed by atoms with Crippen LogP contribution in [0.15, 0.2) is 12.4 Å². The molecule has 18 heavy (non-hydrogen) atoms. The molecule has 0 aliphatic heterocycles. The van der Waals surface area contributed by atoms with Gasteiger partial charge in [0.15, 0.2) is 5.15 Å². The fourth-order valence-electron chi connectivity index (χ4n) is 2.12. The standard InChI is InChI=1S/C12H16ClN3O2/c13-11-10(14-5-6-15-11)7-16-12(18)8-1-3-9(17)4-2-8/h5-6,8-9,17H,1-4,7H2,(H,16,18)/t8-,9-. The molecule has 6 heteroatoms. The van der Waals surface area contributed by atoms with Crippen molar-refractivity contribution in [2.24, 2.45) is 5.92 Å². The molecule has 2 N–H and O–H groups in total. The number of amides is 1. The largest absolute Gasteiger partial charge is 0.393 e. The minimum atomic E-state index is -0.247. The third kappa shape index (κ3) is 3.40. The lowest BCUT2D eigenvalue weighted by Crippen LogP contribution is -2.34. The molecule has 1 aliphatic rings. The van der Waals surface area contributed by atoms with E-state index in [2.05, 4.69) is 15.3 Å². The van der Waals surface area contributed by atoms with E-state index in [1.165, 1.54) is 6.20 Å². The van der Waals surface area contributed by atoms with Gasteiger partial charge in [0.1, 0.15) is 0 Å². The van der Waals surface area contributed by atoms with Gasteiger partial charge in [-0.1, -0.05) is 11.6 Å². The molecule has 1 heterocycles. The lowest BCUT2D eigenvalue weighted by Gasteiger charge is -2.24. The zero-order valence-corrected chi connectivity index (χ0v) is 10.7. The van der Waals surface area contributed by atoms with Crippen molar-refractivity contribution in [3.05, 3.63) is 23.2 Å². The summed E-state index contributed by atoms with van der Waals surface area (Å²) in [5, 5.41) is 12.5. The van der Waals surface area contributed by atoms with Gasteiger partial charge in [-0.2, -0.15) is 0 Å². The highest BCUT2D eigenvalue weighted by Crippen LogP contribution is 2.24. The molecule has 0 bridgehead atoms. The van der Waals surface area contributed by atoms with Gasteiger partial charge in [-0.3, -0.25) is 9.78 Å². The van der Waals surface area contributed by atoms with Crippen molar-refractivity contribution in [2.75, 3.05) is 0 Å². The van der Waals surface area contributed by atoms with E-state index >= 15 is 0 Å². The Morgan fingerprint density at radius 2 is 2.00 bits per heavy atom. The topological polar surface area (TPSA) is 75.1 Å². The third-order valence-electron chi connectivity index (χ3n) is 3.22. The maximum absolute atomic E-state index is 11.9. The Balaban J connectivity index is 1.83. The Hall–Kier alpha value is -1.20. The second kappa shape index (κ2) is 6.11. The summed E-state index contributed by atoms with van der Waals surface area (Å²) in [5.74, 6) is -0.00698. The highest BCUT2D eigenvalue weighted by Gasteiger charge is 2.25. The predicted octanol–water partition coefficient (Wildman–Crippen LogP) is 1.30. The quantitative estimate of drug-likeness (QED) is 0.867. The molecule has 0 atom stereocenters. The van der Waals surface area contributed by atoms with Gasteiger partial charge in [0.25, 0.3) is 0 Å². The molecule has 0 aromatic carbocycles. The summed E-state index contributed by atoms with van der Waals surface area (Å²) in [4.78, 5) is 19.9. The van der Waals surface area contributed by atoms with Crippen molar-refractivity contribution in [1.82, 2.24) is 15.3 Å². The molecule has 1 saturated carbocycles. The van der Waals surface area contributed by atoms with E-state index in [0.717, 1.165) is 12.8 Å². The molecule has 0 radical (unpaired) electrons. The van der Waals surface area contributed by atoms with Gasteiger partial charge in [-0.15, -0.1) is 0 Å². The molecule has 0 saturated heterocycles. The molecule has 1 aromatic heterocycles. The minimum absolute atomic E-state index is 0.00335. The van der Waals surface area contributed by atoms with Crippen LogP contribution in [-0.2, 0) is 11.3 Å². The number of hydrogen-bond acceptors (Lipinski definition) is 4. The van der Waals surface area contributed by atoms with Gasteiger partial charge >= 0.3 is 0 Å². The van der Waals surface area contributed by atoms with Crippen molar-refractivity contribution < 1.29 is 9.90 Å². The second-order valence-electron chi connectivity index (χ2n) is 4.52. The van der Waals surface area contributed by atoms with E-state index in [1.807, 2.05) is 0 Å². The zero-order valence-electron chi connectivity index (χ0n) is 9.97. The maximum Gasteiger partial charge on any atom is 0.223 e. The number of aromatic nitrogens is 2. The van der Waals surface area contributed by atoms with Gasteiger partial charge in [0.2, 0.25) is 5.91 Å². The van der Waals surface area contributed by atoms with Gasteiger partial charge in [-0.25, -0.2) is 4.98 Å². The smallest absolute Gasteiger partial charge is 0.223 e. The predicted molar refractivity (Wildman–Crippen MR) is 66.9 cm³/mol. The molecule has 98 valence electrons. The summed E-state index contributed by atoms with van der Waals surface area (Å²) in [6, 6.07) is 0. The fourth-order valence-corrected chi connectivity index (χ4v) is 2.29. The molecular formula is C12H16ClN3O2. The summed E-state index contributed by atoms with van der Waals surface area (Å²) in [6.07, 6.45) is 5.68. The highest BCUT2D eigenvalue weighted by atomic mass is 35.5. The van der Waals surface area contributed by atoms with Gasteiger partial charge in [0, 0.05) is 18.3 Å². The fraction of sp³-hybridized carbons (Fsp3) is 0.583. The summed E-state index contributed by atoms with van der Waals surface area (Å²) < 4.78 is 0. The average molecular weight is 270 g/mol. The van der Waals surface area contributed by atoms with Gasteiger partial charge < -0.3 is 10.4 Å². The number of carbonyl (C=O) groups excluding carboxylic acids is 1. The van der Waals surface area contributed by atoms with Crippen LogP contribution in [0, 0.1) is 5.92 Å². The van der Waals surface area contributed by atoms with E-state index in [-0.39, 0.29) is 17.9 Å². The van der Waals surface area contributed by atoms with Crippen LogP contribution in [0.3, 0.4) is 0 Å². The molecule has 1 aromatic rings. The normalized spacial score (nSPS) is 23.7. The summed E-state index contributed by atoms with van der Waals surface area (Å²) in [6.45, 7) is 0.296. The van der Waals surface area contributed by atoms with Gasteiger partial charge in [-0.05, 0) is 25.7 Å². The van der Waals surface area contributed by atoms with Crippen LogP contribution >= 0.6 is 11.6 Å². The summed E-state index contributed by atoms with van der Waals surface area (Å²) in [7, 11) is 0. The Morgan fingerprint density at radius 1 is 1.33 bits per heavy atom. The summed E-state index contributed by atoms with van der Waals surface area (Å²) >= 11 is 5.85. The monoisotopic (exact) mass is 269 g/mol. The van der Waals surface area contributed by atoms with Crippen LogP contribution in [0.1, 0.15) is 31.4 Å². The maximum atomic E-state index is 11.9. The van der Waals surface area contributed by atoms with E-state index in [9.17, 15) is 9.90 Å². The van der Waals surface area contributed by atoms with Crippen LogP contribution < -0.4 is 5.32 Å². The molecule has 1 aliphatic carbocycles. The van der Waals surface area contributed by atoms with E-state index in [4.69, 9.17) is 11.6 Å². The van der Waals surface area contributed by atoms with Crippen LogP contribution in [0.25, 0.3) is 0 Å². The summed E-state index contributed by atoms with van der Waals surface area (Å²) in [5.41, 5.74) is 0.573. The Bertz CT molecular complexity index is 420. The number of hydrogen-bond donors (Lipinski definition) is 2. The number of aliphatic hydroxyl groups excluding tert-OH is 1. The Kier molecular flexibility index (Phi) is 4.49. The average Bonchev–Trinajstić information content (AvgIpc) is 2.38. The first-order valence-corrected chi connectivity index (χ1v) is 6.45. The highest BCUT2D eigenvalue weighted by molar-refractivity contribution is 6.29. The second-order valence-corrected chi connectivity index (χ2v) is 4.88. The molecule has 1 amide bonds. The Morgan fingerprint density at radius 3 is 2.67 bits per heavy atom. The molecule has 0 unspecified atom stereocenters. The SMILES string of the molecule is O=C(NCc1nccnc1Cl)[C@H]1CC[C@H](O)CC1. The molecule has 1 fully saturated rings. The first kappa shape index (κ1) is 13.2. The number of aliphatic hydroxyl groups is 1. The first-order chi connectivity index (χ1) is 8.66. The Labute approximate surface area is 111 Å². The zero-order chi connectivity index (χ0) is 13.0. The third-order valence-corrected chi connectivity index (χ3v) is 3.54. The lowest BCUT2D eigenvalue weighted by atomic mass is 9.87. The van der Waals surface area contributed by atoms with Crippen LogP contribution in [0.5, 0.6) is 0 Å². The van der Waals surface area contributed by atoms with Crippen molar-refractivity contribution in [2.45, 2.75) is 38.3 Å². The van der Waals surface area contributed by atoms with Crippen LogP contribution in [0.4, 0.5) is 0 Å². The molecule has 2 rings (SSSR count). The van der Waals surface area contributed by atoms with E-state index < -0.39 is 0 Å². The molecule has 5 nitrogen and oxygen atoms in total. The number of carbonyl (C=O) groups is 1. The number of nitrogens with zero attached hydrogens (tertiary/aromatic N) is 2. The van der Waals surface area contributed by atoms with Crippen LogP contribution in [-0.4, -0.2) is 27.1 Å². The van der Waals surface area contributed by atoms with Gasteiger partial charge in [0.05, 0.1) is 18.3 Å². The van der Waals surface area contributed by atoms with Crippen molar-refractivity contribution in [3.8, 4) is 0 Å². The lowest BCUT2D eigenvalue weighted by molar-refractivity contribution is -0.126.